The summed E-state index contributed by atoms with van der Waals surface area (Å²) >= 11 is 0. The first-order chi connectivity index (χ1) is 34.3. The molecule has 0 N–H and O–H groups in total. The van der Waals surface area contributed by atoms with Crippen molar-refractivity contribution in [1.82, 2.24) is 0 Å². The van der Waals surface area contributed by atoms with Crippen LogP contribution in [0.25, 0.3) is 98.8 Å². The molecule has 0 unspecified atom stereocenters. The lowest BCUT2D eigenvalue weighted by Crippen LogP contribution is -1.90. The number of hydrogen-bond acceptors (Lipinski definition) is 1. The van der Waals surface area contributed by atoms with Crippen LogP contribution in [0.5, 0.6) is 0 Å². The van der Waals surface area contributed by atoms with Gasteiger partial charge in [-0.15, -0.1) is 0 Å². The molecule has 0 aliphatic rings. The van der Waals surface area contributed by atoms with Crippen LogP contribution in [-0.2, 0) is 0 Å². The Hall–Kier alpha value is -6.44. The van der Waals surface area contributed by atoms with Crippen LogP contribution in [0, 0.1) is 0 Å². The lowest BCUT2D eigenvalue weighted by Gasteiger charge is -2.18. The van der Waals surface area contributed by atoms with E-state index in [2.05, 4.69) is 0 Å². The van der Waals surface area contributed by atoms with Crippen molar-refractivity contribution in [3.63, 3.8) is 0 Å². The average molecular weight is 647 g/mol. The van der Waals surface area contributed by atoms with Crippen molar-refractivity contribution in [2.24, 2.45) is 0 Å². The summed E-state index contributed by atoms with van der Waals surface area (Å²) in [5.74, 6) is 0. The van der Waals surface area contributed by atoms with E-state index in [1.165, 1.54) is 12.1 Å². The van der Waals surface area contributed by atoms with Gasteiger partial charge in [0.25, 0.3) is 0 Å². The van der Waals surface area contributed by atoms with Crippen LogP contribution < -0.4 is 0 Å². The van der Waals surface area contributed by atoms with Gasteiger partial charge in [0.2, 0.25) is 0 Å². The van der Waals surface area contributed by atoms with Crippen LogP contribution >= 0.6 is 0 Å². The first-order valence-corrected chi connectivity index (χ1v) is 14.9. The van der Waals surface area contributed by atoms with Gasteiger partial charge in [-0.05, 0) is 95.5 Å². The molecule has 10 rings (SSSR count). The molecule has 0 radical (unpaired) electrons. The molecule has 0 spiro atoms. The normalized spacial score (nSPS) is 18.5. The third kappa shape index (κ3) is 4.47. The van der Waals surface area contributed by atoms with Gasteiger partial charge in [0, 0.05) is 16.3 Å². The van der Waals surface area contributed by atoms with Crippen LogP contribution in [-0.4, -0.2) is 0 Å². The van der Waals surface area contributed by atoms with Gasteiger partial charge in [0.1, 0.15) is 11.2 Å². The van der Waals surface area contributed by atoms with E-state index in [9.17, 15) is 6.85 Å². The van der Waals surface area contributed by atoms with Crippen molar-refractivity contribution >= 4 is 54.3 Å². The fourth-order valence-electron chi connectivity index (χ4n) is 6.22. The number of hydrogen-bond donors (Lipinski definition) is 0. The van der Waals surface area contributed by atoms with E-state index in [1.807, 2.05) is 0 Å². The van der Waals surface area contributed by atoms with Crippen molar-refractivity contribution in [3.8, 4) is 44.5 Å². The van der Waals surface area contributed by atoms with E-state index in [4.69, 9.17) is 30.5 Å². The molecule has 0 bridgehead atoms. The topological polar surface area (TPSA) is 13.1 Å². The van der Waals surface area contributed by atoms with Crippen LogP contribution in [0.2, 0.25) is 0 Å². The molecule has 228 valence electrons. The van der Waals surface area contributed by atoms with E-state index in [0.717, 1.165) is 0 Å². The van der Waals surface area contributed by atoms with Gasteiger partial charge in [-0.25, -0.2) is 0 Å². The number of furan rings is 1. The Morgan fingerprint density at radius 3 is 1.55 bits per heavy atom. The van der Waals surface area contributed by atoms with E-state index in [0.29, 0.717) is 10.8 Å². The molecule has 1 aromatic heterocycles. The lowest BCUT2D eigenvalue weighted by atomic mass is 9.85. The standard InChI is InChI=1S/C48H30O/c1-3-12-31(13-4-1)35-26-27-39-44-21-11-20-38(48(44)49-45(39)30-35)36-24-22-34-29-37(25-23-33(34)28-36)47-42-18-9-7-16-40(42)46(32-14-5-2-6-15-32)41-17-8-10-19-43(41)47/h1-30H/i1D,2D,3D,4D,5D,6D,7D,8D,9D,10D,11D,12D,13D,14D,15D,16D,17D,18D,19D,20D,21D,26D,27D,30D. The highest BCUT2D eigenvalue weighted by Gasteiger charge is 2.17. The minimum atomic E-state index is -0.796. The molecular weight excluding hydrogens is 593 g/mol. The number of benzene rings is 9. The maximum absolute atomic E-state index is 9.27. The van der Waals surface area contributed by atoms with Crippen LogP contribution in [0.3, 0.4) is 0 Å². The van der Waals surface area contributed by atoms with E-state index >= 15 is 0 Å². The summed E-state index contributed by atoms with van der Waals surface area (Å²) in [5, 5.41) is -0.909. The zero-order chi connectivity index (χ0) is 53.2. The van der Waals surface area contributed by atoms with Crippen molar-refractivity contribution in [2.45, 2.75) is 0 Å². The predicted molar refractivity (Wildman–Crippen MR) is 208 cm³/mol. The molecule has 1 heteroatoms. The highest BCUT2D eigenvalue weighted by molar-refractivity contribution is 6.21. The van der Waals surface area contributed by atoms with Gasteiger partial charge in [-0.2, -0.15) is 0 Å². The number of para-hydroxylation sites is 1. The SMILES string of the molecule is [2H]c1c([2H])c([2H])c(-c2c([2H])c([2H])c3c(oc4c(-c5ccc6cc(-c7c8c([2H])c([2H])c([2H])c([2H])c8c(-c8c([2H])c([2H])c([2H])c([2H])c8[2H])c8c([2H])c([2H])c([2H])c([2H])c78)ccc6c5)c([2H])c([2H])c([2H])c43)c2[2H])c([2H])c1[2H]. The molecule has 10 aromatic rings. The first-order valence-electron chi connectivity index (χ1n) is 26.9. The van der Waals surface area contributed by atoms with E-state index in [-0.39, 0.29) is 60.2 Å². The van der Waals surface area contributed by atoms with Crippen molar-refractivity contribution in [3.05, 3.63) is 181 Å². The third-order valence-electron chi connectivity index (χ3n) is 8.35. The Kier molecular flexibility index (Phi) is 2.91. The second-order valence-electron chi connectivity index (χ2n) is 11.0. The fourth-order valence-corrected chi connectivity index (χ4v) is 6.22. The Labute approximate surface area is 318 Å². The zero-order valence-electron chi connectivity index (χ0n) is 48.9. The van der Waals surface area contributed by atoms with Gasteiger partial charge in [-0.1, -0.05) is 157 Å². The van der Waals surface area contributed by atoms with Gasteiger partial charge in [0.15, 0.2) is 0 Å². The van der Waals surface area contributed by atoms with Crippen molar-refractivity contribution in [1.29, 1.82) is 0 Å². The Balaban J connectivity index is 1.26. The van der Waals surface area contributed by atoms with Crippen LogP contribution in [0.1, 0.15) is 32.9 Å². The summed E-state index contributed by atoms with van der Waals surface area (Å²) in [6, 6.07) is -7.67. The molecule has 49 heavy (non-hydrogen) atoms. The van der Waals surface area contributed by atoms with Gasteiger partial charge >= 0.3 is 0 Å². The van der Waals surface area contributed by atoms with Gasteiger partial charge in [-0.3, -0.25) is 0 Å². The summed E-state index contributed by atoms with van der Waals surface area (Å²) in [7, 11) is 0. The molecule has 1 heterocycles. The van der Waals surface area contributed by atoms with Gasteiger partial charge < -0.3 is 4.42 Å². The minimum absolute atomic E-state index is 0.0694. The summed E-state index contributed by atoms with van der Waals surface area (Å²) in [4.78, 5) is 0. The molecule has 0 aliphatic heterocycles. The Bertz CT molecular complexity index is 4120. The summed E-state index contributed by atoms with van der Waals surface area (Å²) in [5.41, 5.74) is -2.41. The number of rotatable bonds is 4. The quantitative estimate of drug-likeness (QED) is 0.173. The predicted octanol–water partition coefficient (Wildman–Crippen LogP) is 13.7. The van der Waals surface area contributed by atoms with Crippen molar-refractivity contribution in [2.75, 3.05) is 0 Å². The molecule has 0 amide bonds. The maximum atomic E-state index is 9.27. The van der Waals surface area contributed by atoms with Gasteiger partial charge in [0.05, 0.1) is 32.9 Å². The summed E-state index contributed by atoms with van der Waals surface area (Å²) in [6.07, 6.45) is 0. The molecule has 0 atom stereocenters. The molecule has 0 saturated carbocycles. The monoisotopic (exact) mass is 646 g/mol. The number of fused-ring (bicyclic) bond motifs is 6. The largest absolute Gasteiger partial charge is 0.455 e. The fraction of sp³-hybridized carbons (Fsp3) is 0. The van der Waals surface area contributed by atoms with E-state index < -0.39 is 173 Å². The smallest absolute Gasteiger partial charge is 0.143 e. The van der Waals surface area contributed by atoms with Crippen LogP contribution in [0.4, 0.5) is 0 Å². The average Bonchev–Trinajstić information content (AvgIpc) is 3.78. The summed E-state index contributed by atoms with van der Waals surface area (Å²) in [6.45, 7) is 0. The second kappa shape index (κ2) is 11.1. The van der Waals surface area contributed by atoms with E-state index in [1.54, 1.807) is 24.3 Å². The molecule has 0 saturated heterocycles. The minimum Gasteiger partial charge on any atom is -0.455 e. The molecule has 9 aromatic carbocycles. The first kappa shape index (κ1) is 12.9. The highest BCUT2D eigenvalue weighted by Crippen LogP contribution is 2.44. The zero-order valence-corrected chi connectivity index (χ0v) is 24.9. The Morgan fingerprint density at radius 1 is 0.367 bits per heavy atom. The summed E-state index contributed by atoms with van der Waals surface area (Å²) < 4.78 is 216. The van der Waals surface area contributed by atoms with Crippen LogP contribution in [0.15, 0.2) is 186 Å². The lowest BCUT2D eigenvalue weighted by molar-refractivity contribution is 0.670. The third-order valence-corrected chi connectivity index (χ3v) is 8.35. The molecule has 0 fully saturated rings. The second-order valence-corrected chi connectivity index (χ2v) is 11.0. The van der Waals surface area contributed by atoms with Crippen molar-refractivity contribution < 1.29 is 37.3 Å². The molecule has 1 nitrogen and oxygen atoms in total. The highest BCUT2D eigenvalue weighted by atomic mass is 16.3. The Morgan fingerprint density at radius 2 is 0.898 bits per heavy atom. The molecule has 0 aliphatic carbocycles. The molecular formula is C48H30O. The maximum Gasteiger partial charge on any atom is 0.143 e.